The smallest absolute Gasteiger partial charge is 0.387 e. The van der Waals surface area contributed by atoms with Crippen LogP contribution in [0.15, 0.2) is 81.2 Å². The van der Waals surface area contributed by atoms with Gasteiger partial charge in [0.2, 0.25) is 0 Å². The summed E-state index contributed by atoms with van der Waals surface area (Å²) in [5, 5.41) is 2.43. The largest absolute Gasteiger partial charge is 0.399 e. The van der Waals surface area contributed by atoms with Crippen LogP contribution in [-0.2, 0) is 12.8 Å². The Kier molecular flexibility index (Phi) is 10.7. The van der Waals surface area contributed by atoms with Crippen LogP contribution in [0.5, 0.6) is 0 Å². The fourth-order valence-electron chi connectivity index (χ4n) is 7.29. The lowest BCUT2D eigenvalue weighted by atomic mass is 9.91. The Bertz CT molecular complexity index is 1700. The SMILES string of the molecule is CCCCc1cc(C)c(C)c2c1op(OCP1[C@H](c3ccccc3)CC[C@H]1c1ccccc1)oc1c(CCCC)cc(C)c(C)c12. The predicted molar refractivity (Wildman–Crippen MR) is 198 cm³/mol. The van der Waals surface area contributed by atoms with E-state index in [4.69, 9.17) is 12.9 Å². The maximum Gasteiger partial charge on any atom is 0.387 e. The summed E-state index contributed by atoms with van der Waals surface area (Å²) in [5.74, 6) is 0. The van der Waals surface area contributed by atoms with Gasteiger partial charge in [-0.25, -0.2) is 0 Å². The molecule has 5 aromatic rings. The summed E-state index contributed by atoms with van der Waals surface area (Å²) in [4.78, 5) is 0. The van der Waals surface area contributed by atoms with Gasteiger partial charge in [-0.3, -0.25) is 4.52 Å². The molecule has 6 rings (SSSR count). The van der Waals surface area contributed by atoms with E-state index in [1.807, 2.05) is 0 Å². The maximum atomic E-state index is 7.03. The highest BCUT2D eigenvalue weighted by Crippen LogP contribution is 2.70. The van der Waals surface area contributed by atoms with Crippen molar-refractivity contribution in [3.8, 4) is 0 Å². The zero-order chi connectivity index (χ0) is 32.2. The van der Waals surface area contributed by atoms with Crippen LogP contribution < -0.4 is 4.52 Å². The van der Waals surface area contributed by atoms with Crippen LogP contribution in [0.2, 0.25) is 0 Å². The molecule has 2 heterocycles. The fourth-order valence-corrected chi connectivity index (χ4v) is 11.9. The van der Waals surface area contributed by atoms with E-state index in [1.54, 1.807) is 0 Å². The molecule has 0 amide bonds. The van der Waals surface area contributed by atoms with Crippen molar-refractivity contribution in [2.45, 2.75) is 104 Å². The molecule has 1 aromatic heterocycles. The van der Waals surface area contributed by atoms with Gasteiger partial charge in [0.1, 0.15) is 11.2 Å². The molecule has 2 atom stereocenters. The van der Waals surface area contributed by atoms with Crippen molar-refractivity contribution in [2.75, 3.05) is 6.35 Å². The average Bonchev–Trinajstić information content (AvgIpc) is 3.42. The third-order valence-corrected chi connectivity index (χ3v) is 14.5. The number of unbranched alkanes of at least 4 members (excludes halogenated alkanes) is 2. The van der Waals surface area contributed by atoms with Crippen LogP contribution in [0, 0.1) is 27.7 Å². The molecule has 0 bridgehead atoms. The summed E-state index contributed by atoms with van der Waals surface area (Å²) in [5.41, 5.74) is 13.6. The van der Waals surface area contributed by atoms with Gasteiger partial charge in [0, 0.05) is 22.1 Å². The van der Waals surface area contributed by atoms with E-state index in [0.29, 0.717) is 17.7 Å². The Morgan fingerprint density at radius 3 is 1.50 bits per heavy atom. The second-order valence-corrected chi connectivity index (χ2v) is 16.8. The van der Waals surface area contributed by atoms with E-state index in [2.05, 4.69) is 114 Å². The molecule has 4 aromatic carbocycles. The van der Waals surface area contributed by atoms with Crippen molar-refractivity contribution >= 4 is 38.1 Å². The number of hydrogen-bond acceptors (Lipinski definition) is 3. The van der Waals surface area contributed by atoms with E-state index < -0.39 is 16.2 Å². The maximum absolute atomic E-state index is 7.03. The molecule has 0 spiro atoms. The monoisotopic (exact) mass is 652 g/mol. The molecule has 5 heteroatoms. The number of fused-ring (bicyclic) bond motifs is 3. The summed E-state index contributed by atoms with van der Waals surface area (Å²) < 4.78 is 21.0. The first-order chi connectivity index (χ1) is 22.4. The minimum Gasteiger partial charge on any atom is -0.399 e. The van der Waals surface area contributed by atoms with Gasteiger partial charge in [-0.05, 0) is 111 Å². The molecule has 0 radical (unpaired) electrons. The molecule has 0 unspecified atom stereocenters. The van der Waals surface area contributed by atoms with Crippen molar-refractivity contribution in [1.29, 1.82) is 0 Å². The first kappa shape index (κ1) is 33.1. The van der Waals surface area contributed by atoms with E-state index in [-0.39, 0.29) is 0 Å². The number of rotatable bonds is 11. The predicted octanol–water partition coefficient (Wildman–Crippen LogP) is 13.4. The standard InChI is InChI=1S/C41H50O3P2/c1-7-9-17-34-25-28(3)30(5)38-39-31(6)29(4)26-35(18-10-8-2)41(39)44-46(43-40(34)38)42-27-45-36(32-19-13-11-14-20-32)23-24-37(45)33-21-15-12-16-22-33/h11-16,19-22,25-26,36-37H,7-10,17-18,23-24,27H2,1-6H3/t36-,37-/m0/s1. The summed E-state index contributed by atoms with van der Waals surface area (Å²) in [6.45, 7) is 13.5. The van der Waals surface area contributed by atoms with Gasteiger partial charge in [-0.2, -0.15) is 0 Å². The highest BCUT2D eigenvalue weighted by molar-refractivity contribution is 7.59. The van der Waals surface area contributed by atoms with Gasteiger partial charge in [0.05, 0.1) is 6.35 Å². The molecule has 1 saturated heterocycles. The van der Waals surface area contributed by atoms with Gasteiger partial charge in [-0.15, -0.1) is 0 Å². The van der Waals surface area contributed by atoms with Gasteiger partial charge in [-0.1, -0.05) is 107 Å². The molecule has 1 aliphatic heterocycles. The van der Waals surface area contributed by atoms with Gasteiger partial charge >= 0.3 is 8.24 Å². The summed E-state index contributed by atoms with van der Waals surface area (Å²) in [6, 6.07) is 26.9. The van der Waals surface area contributed by atoms with Crippen molar-refractivity contribution < 1.29 is 12.9 Å². The number of aryl methyl sites for hydroxylation is 6. The van der Waals surface area contributed by atoms with Crippen LogP contribution in [-0.4, -0.2) is 6.35 Å². The van der Waals surface area contributed by atoms with E-state index >= 15 is 0 Å². The van der Waals surface area contributed by atoms with E-state index in [0.717, 1.165) is 49.7 Å². The molecular formula is C41H50O3P2. The Hall–Kier alpha value is -2.83. The summed E-state index contributed by atoms with van der Waals surface area (Å²) in [6.07, 6.45) is 9.55. The Morgan fingerprint density at radius 1 is 0.652 bits per heavy atom. The molecule has 3 nitrogen and oxygen atoms in total. The fraction of sp³-hybridized carbons (Fsp3) is 0.415. The Morgan fingerprint density at radius 2 is 1.09 bits per heavy atom. The number of hydrogen-bond donors (Lipinski definition) is 0. The van der Waals surface area contributed by atoms with Crippen LogP contribution in [0.25, 0.3) is 21.9 Å². The molecule has 0 aliphatic carbocycles. The second kappa shape index (κ2) is 14.9. The third kappa shape index (κ3) is 6.75. The minimum atomic E-state index is -1.65. The van der Waals surface area contributed by atoms with E-state index in [1.165, 1.54) is 68.1 Å². The Balaban J connectivity index is 1.53. The third-order valence-electron chi connectivity index (χ3n) is 10.1. The average molecular weight is 653 g/mol. The van der Waals surface area contributed by atoms with Gasteiger partial charge in [0.15, 0.2) is 0 Å². The molecule has 0 N–H and O–H groups in total. The van der Waals surface area contributed by atoms with Crippen LogP contribution in [0.1, 0.15) is 108 Å². The topological polar surface area (TPSA) is 35.5 Å². The summed E-state index contributed by atoms with van der Waals surface area (Å²) >= 11 is 0. The molecular weight excluding hydrogens is 602 g/mol. The quantitative estimate of drug-likeness (QED) is 0.133. The van der Waals surface area contributed by atoms with Gasteiger partial charge < -0.3 is 8.39 Å². The minimum absolute atomic E-state index is 0.498. The molecule has 46 heavy (non-hydrogen) atoms. The lowest BCUT2D eigenvalue weighted by molar-refractivity contribution is 0.432. The molecule has 1 fully saturated rings. The summed E-state index contributed by atoms with van der Waals surface area (Å²) in [7, 11) is -2.17. The Labute approximate surface area is 278 Å². The molecule has 1 aliphatic rings. The highest BCUT2D eigenvalue weighted by atomic mass is 31.1. The number of benzene rings is 4. The lowest BCUT2D eigenvalue weighted by Crippen LogP contribution is -2.02. The normalized spacial score (nSPS) is 16.9. The van der Waals surface area contributed by atoms with Crippen LogP contribution in [0.3, 0.4) is 0 Å². The molecule has 242 valence electrons. The zero-order valence-electron chi connectivity index (χ0n) is 28.6. The van der Waals surface area contributed by atoms with Crippen molar-refractivity contribution in [2.24, 2.45) is 0 Å². The first-order valence-corrected chi connectivity index (χ1v) is 20.1. The van der Waals surface area contributed by atoms with Crippen molar-refractivity contribution in [1.82, 2.24) is 0 Å². The zero-order valence-corrected chi connectivity index (χ0v) is 30.4. The van der Waals surface area contributed by atoms with Crippen molar-refractivity contribution in [3.63, 3.8) is 0 Å². The molecule has 0 saturated carbocycles. The van der Waals surface area contributed by atoms with Crippen LogP contribution >= 0.6 is 16.2 Å². The second-order valence-electron chi connectivity index (χ2n) is 13.2. The van der Waals surface area contributed by atoms with Crippen molar-refractivity contribution in [3.05, 3.63) is 117 Å². The lowest BCUT2D eigenvalue weighted by Gasteiger charge is -2.25. The van der Waals surface area contributed by atoms with E-state index in [9.17, 15) is 0 Å². The van der Waals surface area contributed by atoms with Gasteiger partial charge in [0.25, 0.3) is 0 Å². The highest BCUT2D eigenvalue weighted by Gasteiger charge is 2.38. The van der Waals surface area contributed by atoms with Crippen LogP contribution in [0.4, 0.5) is 0 Å². The first-order valence-electron chi connectivity index (χ1n) is 17.3.